The number of carbonyl (C=O) groups is 1. The Morgan fingerprint density at radius 1 is 0.870 bits per heavy atom. The number of benzene rings is 2. The number of allylic oxidation sites excluding steroid dienone is 1. The van der Waals surface area contributed by atoms with Crippen LogP contribution in [0.5, 0.6) is 11.5 Å². The summed E-state index contributed by atoms with van der Waals surface area (Å²) in [5.74, 6) is 1.89. The molecule has 0 fully saturated rings. The molecule has 0 unspecified atom stereocenters. The highest BCUT2D eigenvalue weighted by atomic mass is 16.5. The minimum atomic E-state index is -0.119. The molecule has 2 aromatic rings. The Balaban J connectivity index is 2.26. The van der Waals surface area contributed by atoms with Crippen molar-refractivity contribution in [3.05, 3.63) is 65.7 Å². The lowest BCUT2D eigenvalue weighted by atomic mass is 10.1. The molecule has 2 rings (SSSR count). The summed E-state index contributed by atoms with van der Waals surface area (Å²) in [6.07, 6.45) is 1.51. The summed E-state index contributed by atoms with van der Waals surface area (Å²) in [5, 5.41) is 0. The van der Waals surface area contributed by atoms with Crippen molar-refractivity contribution in [2.75, 3.05) is 20.8 Å². The van der Waals surface area contributed by atoms with Crippen molar-refractivity contribution in [3.63, 3.8) is 0 Å². The van der Waals surface area contributed by atoms with Crippen LogP contribution in [0.2, 0.25) is 0 Å². The number of ether oxygens (including phenoxy) is 3. The van der Waals surface area contributed by atoms with E-state index in [0.717, 1.165) is 11.3 Å². The van der Waals surface area contributed by atoms with E-state index in [-0.39, 0.29) is 5.78 Å². The minimum Gasteiger partial charge on any atom is -0.497 e. The average molecular weight is 312 g/mol. The van der Waals surface area contributed by atoms with Gasteiger partial charge in [0.25, 0.3) is 0 Å². The maximum absolute atomic E-state index is 12.4. The van der Waals surface area contributed by atoms with Gasteiger partial charge in [-0.1, -0.05) is 0 Å². The molecule has 23 heavy (non-hydrogen) atoms. The quantitative estimate of drug-likeness (QED) is 0.441. The van der Waals surface area contributed by atoms with Gasteiger partial charge in [0.15, 0.2) is 5.78 Å². The first-order valence-corrected chi connectivity index (χ1v) is 7.35. The molecule has 0 N–H and O–H groups in total. The summed E-state index contributed by atoms with van der Waals surface area (Å²) in [6, 6.07) is 14.4. The zero-order valence-electron chi connectivity index (χ0n) is 13.5. The lowest BCUT2D eigenvalue weighted by molar-refractivity contribution is 0.104. The van der Waals surface area contributed by atoms with Crippen LogP contribution in [0.3, 0.4) is 0 Å². The Morgan fingerprint density at radius 3 is 1.78 bits per heavy atom. The van der Waals surface area contributed by atoms with E-state index in [1.54, 1.807) is 38.5 Å². The van der Waals surface area contributed by atoms with Gasteiger partial charge in [-0.15, -0.1) is 0 Å². The fraction of sp³-hybridized carbons (Fsp3) is 0.211. The van der Waals surface area contributed by atoms with Gasteiger partial charge in [0.05, 0.1) is 20.8 Å². The van der Waals surface area contributed by atoms with Crippen LogP contribution >= 0.6 is 0 Å². The Hall–Kier alpha value is -2.75. The van der Waals surface area contributed by atoms with Crippen molar-refractivity contribution >= 4 is 11.5 Å². The topological polar surface area (TPSA) is 44.8 Å². The molecule has 0 aliphatic carbocycles. The van der Waals surface area contributed by atoms with Crippen LogP contribution < -0.4 is 9.47 Å². The third-order valence-electron chi connectivity index (χ3n) is 3.31. The number of methoxy groups -OCH3 is 2. The summed E-state index contributed by atoms with van der Waals surface area (Å²) >= 11 is 0. The molecule has 4 heteroatoms. The molecule has 0 aromatic heterocycles. The van der Waals surface area contributed by atoms with Gasteiger partial charge in [-0.3, -0.25) is 4.79 Å². The maximum Gasteiger partial charge on any atom is 0.189 e. The largest absolute Gasteiger partial charge is 0.497 e. The zero-order chi connectivity index (χ0) is 16.7. The normalized spacial score (nSPS) is 11.0. The third kappa shape index (κ3) is 4.36. The van der Waals surface area contributed by atoms with Crippen molar-refractivity contribution in [3.8, 4) is 11.5 Å². The van der Waals surface area contributed by atoms with Gasteiger partial charge in [0, 0.05) is 17.2 Å². The molecule has 0 spiro atoms. The lowest BCUT2D eigenvalue weighted by Gasteiger charge is -2.10. The van der Waals surface area contributed by atoms with Gasteiger partial charge in [0.2, 0.25) is 0 Å². The standard InChI is InChI=1S/C19H20O4/c1-4-23-19(15-7-11-17(22-3)12-8-15)13-18(20)14-5-9-16(21-2)10-6-14/h5-13H,4H2,1-3H3/b19-13-. The molecule has 0 aliphatic rings. The molecular weight excluding hydrogens is 292 g/mol. The molecule has 0 saturated carbocycles. The van der Waals surface area contributed by atoms with Crippen LogP contribution in [0.1, 0.15) is 22.8 Å². The van der Waals surface area contributed by atoms with Gasteiger partial charge in [0.1, 0.15) is 17.3 Å². The summed E-state index contributed by atoms with van der Waals surface area (Å²) in [4.78, 5) is 12.4. The smallest absolute Gasteiger partial charge is 0.189 e. The molecule has 120 valence electrons. The van der Waals surface area contributed by atoms with Crippen LogP contribution in [-0.2, 0) is 4.74 Å². The molecule has 0 bridgehead atoms. The third-order valence-corrected chi connectivity index (χ3v) is 3.31. The Bertz CT molecular complexity index is 670. The molecule has 0 heterocycles. The van der Waals surface area contributed by atoms with Crippen molar-refractivity contribution in [1.29, 1.82) is 0 Å². The monoisotopic (exact) mass is 312 g/mol. The van der Waals surface area contributed by atoms with Gasteiger partial charge >= 0.3 is 0 Å². The van der Waals surface area contributed by atoms with Crippen LogP contribution in [0.15, 0.2) is 54.6 Å². The fourth-order valence-corrected chi connectivity index (χ4v) is 2.08. The highest BCUT2D eigenvalue weighted by Gasteiger charge is 2.09. The Morgan fingerprint density at radius 2 is 1.35 bits per heavy atom. The lowest BCUT2D eigenvalue weighted by Crippen LogP contribution is -2.00. The molecule has 0 atom stereocenters. The van der Waals surface area contributed by atoms with Gasteiger partial charge in [-0.2, -0.15) is 0 Å². The first kappa shape index (κ1) is 16.6. The summed E-state index contributed by atoms with van der Waals surface area (Å²) in [6.45, 7) is 2.36. The highest BCUT2D eigenvalue weighted by molar-refractivity contribution is 6.08. The SMILES string of the molecule is CCO/C(=C\C(=O)c1ccc(OC)cc1)c1ccc(OC)cc1. The minimum absolute atomic E-state index is 0.119. The summed E-state index contributed by atoms with van der Waals surface area (Å²) in [7, 11) is 3.20. The van der Waals surface area contributed by atoms with Crippen molar-refractivity contribution in [1.82, 2.24) is 0 Å². The van der Waals surface area contributed by atoms with E-state index in [1.165, 1.54) is 6.08 Å². The summed E-state index contributed by atoms with van der Waals surface area (Å²) in [5.41, 5.74) is 1.41. The van der Waals surface area contributed by atoms with E-state index in [1.807, 2.05) is 31.2 Å². The first-order chi connectivity index (χ1) is 11.2. The second-order valence-corrected chi connectivity index (χ2v) is 4.76. The summed E-state index contributed by atoms with van der Waals surface area (Å²) < 4.78 is 15.9. The van der Waals surface area contributed by atoms with E-state index >= 15 is 0 Å². The second kappa shape index (κ2) is 8.03. The van der Waals surface area contributed by atoms with Crippen LogP contribution in [0.25, 0.3) is 5.76 Å². The molecule has 2 aromatic carbocycles. The highest BCUT2D eigenvalue weighted by Crippen LogP contribution is 2.21. The van der Waals surface area contributed by atoms with E-state index < -0.39 is 0 Å². The molecule has 0 aliphatic heterocycles. The number of hydrogen-bond acceptors (Lipinski definition) is 4. The average Bonchev–Trinajstić information content (AvgIpc) is 2.61. The van der Waals surface area contributed by atoms with E-state index in [4.69, 9.17) is 14.2 Å². The molecule has 4 nitrogen and oxygen atoms in total. The number of rotatable bonds is 7. The van der Waals surface area contributed by atoms with E-state index in [9.17, 15) is 4.79 Å². The molecule has 0 saturated heterocycles. The van der Waals surface area contributed by atoms with Gasteiger partial charge in [-0.05, 0) is 55.5 Å². The van der Waals surface area contributed by atoms with Crippen molar-refractivity contribution in [2.45, 2.75) is 6.92 Å². The number of ketones is 1. The van der Waals surface area contributed by atoms with Crippen molar-refractivity contribution < 1.29 is 19.0 Å². The maximum atomic E-state index is 12.4. The predicted octanol–water partition coefficient (Wildman–Crippen LogP) is 3.96. The van der Waals surface area contributed by atoms with Crippen molar-refractivity contribution in [2.24, 2.45) is 0 Å². The van der Waals surface area contributed by atoms with Gasteiger partial charge < -0.3 is 14.2 Å². The van der Waals surface area contributed by atoms with Gasteiger partial charge in [-0.25, -0.2) is 0 Å². The first-order valence-electron chi connectivity index (χ1n) is 7.35. The Labute approximate surface area is 136 Å². The molecule has 0 amide bonds. The van der Waals surface area contributed by atoms with E-state index in [2.05, 4.69) is 0 Å². The number of hydrogen-bond donors (Lipinski definition) is 0. The Kier molecular flexibility index (Phi) is 5.80. The molecular formula is C19H20O4. The molecule has 0 radical (unpaired) electrons. The predicted molar refractivity (Wildman–Crippen MR) is 89.9 cm³/mol. The van der Waals surface area contributed by atoms with Crippen LogP contribution in [0, 0.1) is 0 Å². The van der Waals surface area contributed by atoms with Crippen LogP contribution in [-0.4, -0.2) is 26.6 Å². The fourth-order valence-electron chi connectivity index (χ4n) is 2.08. The second-order valence-electron chi connectivity index (χ2n) is 4.76. The zero-order valence-corrected chi connectivity index (χ0v) is 13.5. The number of carbonyl (C=O) groups excluding carboxylic acids is 1. The van der Waals surface area contributed by atoms with Crippen LogP contribution in [0.4, 0.5) is 0 Å². The van der Waals surface area contributed by atoms with E-state index in [0.29, 0.717) is 23.7 Å².